The Labute approximate surface area is 111 Å². The van der Waals surface area contributed by atoms with Crippen molar-refractivity contribution < 1.29 is 4.79 Å². The van der Waals surface area contributed by atoms with Gasteiger partial charge in [0.15, 0.2) is 0 Å². The van der Waals surface area contributed by atoms with Gasteiger partial charge in [-0.15, -0.1) is 0 Å². The van der Waals surface area contributed by atoms with Crippen molar-refractivity contribution in [1.29, 1.82) is 5.26 Å². The monoisotopic (exact) mass is 250 g/mol. The maximum atomic E-state index is 12.7. The number of nitriles is 1. The lowest BCUT2D eigenvalue weighted by molar-refractivity contribution is -0.139. The highest BCUT2D eigenvalue weighted by Crippen LogP contribution is 2.36. The number of hydrogen-bond acceptors (Lipinski definition) is 2. The van der Waals surface area contributed by atoms with Gasteiger partial charge in [0.2, 0.25) is 5.91 Å². The normalized spacial score (nSPS) is 18.7. The molecule has 3 heteroatoms. The third kappa shape index (κ3) is 3.04. The smallest absolute Gasteiger partial charge is 0.243 e. The fourth-order valence-corrected chi connectivity index (χ4v) is 2.94. The Bertz CT molecular complexity index is 335. The number of nitrogens with zero attached hydrogens (tertiary/aromatic N) is 2. The molecule has 0 saturated carbocycles. The van der Waals surface area contributed by atoms with Crippen molar-refractivity contribution >= 4 is 5.91 Å². The Morgan fingerprint density at radius 1 is 1.33 bits per heavy atom. The van der Waals surface area contributed by atoms with Gasteiger partial charge in [-0.05, 0) is 24.7 Å². The molecular formula is C15H26N2O. The van der Waals surface area contributed by atoms with Gasteiger partial charge in [-0.25, -0.2) is 0 Å². The molecule has 1 saturated heterocycles. The van der Waals surface area contributed by atoms with Crippen LogP contribution in [0.2, 0.25) is 0 Å². The van der Waals surface area contributed by atoms with Crippen molar-refractivity contribution in [1.82, 2.24) is 4.90 Å². The molecule has 0 aromatic heterocycles. The summed E-state index contributed by atoms with van der Waals surface area (Å²) in [6.07, 6.45) is 4.19. The zero-order valence-electron chi connectivity index (χ0n) is 12.3. The number of amides is 1. The predicted octanol–water partition coefficient (Wildman–Crippen LogP) is 3.36. The summed E-state index contributed by atoms with van der Waals surface area (Å²) in [5, 5.41) is 9.50. The van der Waals surface area contributed by atoms with E-state index in [1.165, 1.54) is 0 Å². The Hall–Kier alpha value is -1.04. The number of rotatable bonds is 5. The van der Waals surface area contributed by atoms with Crippen molar-refractivity contribution in [2.24, 2.45) is 10.8 Å². The minimum absolute atomic E-state index is 0.0688. The predicted molar refractivity (Wildman–Crippen MR) is 72.8 cm³/mol. The zero-order valence-corrected chi connectivity index (χ0v) is 12.3. The first-order chi connectivity index (χ1) is 8.40. The highest BCUT2D eigenvalue weighted by atomic mass is 16.2. The Morgan fingerprint density at radius 3 is 2.22 bits per heavy atom. The van der Waals surface area contributed by atoms with Gasteiger partial charge in [0, 0.05) is 13.1 Å². The molecule has 1 rings (SSSR count). The fourth-order valence-electron chi connectivity index (χ4n) is 2.94. The van der Waals surface area contributed by atoms with E-state index in [0.29, 0.717) is 12.8 Å². The first-order valence-corrected chi connectivity index (χ1v) is 7.11. The van der Waals surface area contributed by atoms with Gasteiger partial charge in [0.1, 0.15) is 5.41 Å². The summed E-state index contributed by atoms with van der Waals surface area (Å²) in [7, 11) is 0. The van der Waals surface area contributed by atoms with E-state index in [-0.39, 0.29) is 11.3 Å². The molecular weight excluding hydrogens is 224 g/mol. The standard InChI is InChI=1S/C15H26N2O/c1-5-7-15(11-16,8-6-2)13(18)17-10-9-14(3,4)12-17/h5-10,12H2,1-4H3. The van der Waals surface area contributed by atoms with E-state index in [4.69, 9.17) is 0 Å². The molecule has 1 aliphatic heterocycles. The first kappa shape index (κ1) is 15.0. The minimum Gasteiger partial charge on any atom is -0.341 e. The lowest BCUT2D eigenvalue weighted by Crippen LogP contribution is -2.42. The van der Waals surface area contributed by atoms with Crippen molar-refractivity contribution in [3.63, 3.8) is 0 Å². The maximum absolute atomic E-state index is 12.7. The molecule has 0 aliphatic carbocycles. The largest absolute Gasteiger partial charge is 0.341 e. The molecule has 1 fully saturated rings. The van der Waals surface area contributed by atoms with Gasteiger partial charge in [-0.3, -0.25) is 4.79 Å². The van der Waals surface area contributed by atoms with E-state index < -0.39 is 5.41 Å². The molecule has 1 heterocycles. The van der Waals surface area contributed by atoms with Gasteiger partial charge in [0.05, 0.1) is 6.07 Å². The van der Waals surface area contributed by atoms with E-state index in [1.54, 1.807) is 0 Å². The van der Waals surface area contributed by atoms with Crippen LogP contribution in [0.3, 0.4) is 0 Å². The number of carbonyl (C=O) groups is 1. The van der Waals surface area contributed by atoms with Crippen LogP contribution in [0.4, 0.5) is 0 Å². The molecule has 0 N–H and O–H groups in total. The molecule has 0 aromatic rings. The van der Waals surface area contributed by atoms with Crippen LogP contribution in [-0.2, 0) is 4.79 Å². The lowest BCUT2D eigenvalue weighted by atomic mass is 9.79. The molecule has 1 aliphatic rings. The van der Waals surface area contributed by atoms with Crippen molar-refractivity contribution in [3.8, 4) is 6.07 Å². The topological polar surface area (TPSA) is 44.1 Å². The summed E-state index contributed by atoms with van der Waals surface area (Å²) in [4.78, 5) is 14.6. The zero-order chi connectivity index (χ0) is 13.8. The summed E-state index contributed by atoms with van der Waals surface area (Å²) >= 11 is 0. The second-order valence-corrected chi connectivity index (χ2v) is 6.33. The van der Waals surface area contributed by atoms with Crippen molar-refractivity contribution in [2.75, 3.05) is 13.1 Å². The highest BCUT2D eigenvalue weighted by molar-refractivity contribution is 5.85. The first-order valence-electron chi connectivity index (χ1n) is 7.11. The summed E-state index contributed by atoms with van der Waals surface area (Å²) in [6, 6.07) is 2.33. The summed E-state index contributed by atoms with van der Waals surface area (Å²) in [6.45, 7) is 10.1. The molecule has 18 heavy (non-hydrogen) atoms. The molecule has 0 unspecified atom stereocenters. The second-order valence-electron chi connectivity index (χ2n) is 6.33. The fraction of sp³-hybridized carbons (Fsp3) is 0.867. The van der Waals surface area contributed by atoms with Crippen LogP contribution in [0.25, 0.3) is 0 Å². The van der Waals surface area contributed by atoms with E-state index in [2.05, 4.69) is 19.9 Å². The average molecular weight is 250 g/mol. The number of carbonyl (C=O) groups excluding carboxylic acids is 1. The summed E-state index contributed by atoms with van der Waals surface area (Å²) < 4.78 is 0. The van der Waals surface area contributed by atoms with Crippen LogP contribution < -0.4 is 0 Å². The van der Waals surface area contributed by atoms with Crippen molar-refractivity contribution in [2.45, 2.75) is 59.8 Å². The van der Waals surface area contributed by atoms with Gasteiger partial charge < -0.3 is 4.90 Å². The van der Waals surface area contributed by atoms with Crippen LogP contribution >= 0.6 is 0 Å². The number of likely N-dealkylation sites (tertiary alicyclic amines) is 1. The van der Waals surface area contributed by atoms with Crippen molar-refractivity contribution in [3.05, 3.63) is 0 Å². The second kappa shape index (κ2) is 5.73. The van der Waals surface area contributed by atoms with Gasteiger partial charge in [0.25, 0.3) is 0 Å². The Balaban J connectivity index is 2.87. The van der Waals surface area contributed by atoms with Crippen LogP contribution in [0, 0.1) is 22.2 Å². The lowest BCUT2D eigenvalue weighted by Gasteiger charge is -2.30. The van der Waals surface area contributed by atoms with Gasteiger partial charge in [-0.1, -0.05) is 40.5 Å². The SMILES string of the molecule is CCCC(C#N)(CCC)C(=O)N1CCC(C)(C)C1. The van der Waals surface area contributed by atoms with E-state index in [0.717, 1.165) is 32.4 Å². The van der Waals surface area contributed by atoms with Crippen LogP contribution in [0.5, 0.6) is 0 Å². The molecule has 0 bridgehead atoms. The average Bonchev–Trinajstić information content (AvgIpc) is 2.68. The molecule has 1 amide bonds. The molecule has 0 aromatic carbocycles. The Morgan fingerprint density at radius 2 is 1.89 bits per heavy atom. The molecule has 0 atom stereocenters. The van der Waals surface area contributed by atoms with E-state index >= 15 is 0 Å². The van der Waals surface area contributed by atoms with Gasteiger partial charge >= 0.3 is 0 Å². The highest BCUT2D eigenvalue weighted by Gasteiger charge is 2.43. The minimum atomic E-state index is -0.774. The molecule has 3 nitrogen and oxygen atoms in total. The number of hydrogen-bond donors (Lipinski definition) is 0. The van der Waals surface area contributed by atoms with Crippen LogP contribution in [0.15, 0.2) is 0 Å². The molecule has 0 radical (unpaired) electrons. The molecule has 102 valence electrons. The Kier molecular flexibility index (Phi) is 4.78. The van der Waals surface area contributed by atoms with Crippen LogP contribution in [-0.4, -0.2) is 23.9 Å². The van der Waals surface area contributed by atoms with E-state index in [1.807, 2.05) is 18.7 Å². The summed E-state index contributed by atoms with van der Waals surface area (Å²) in [5.41, 5.74) is -0.570. The van der Waals surface area contributed by atoms with Crippen LogP contribution in [0.1, 0.15) is 59.8 Å². The quantitative estimate of drug-likeness (QED) is 0.751. The third-order valence-corrected chi connectivity index (χ3v) is 3.94. The summed E-state index contributed by atoms with van der Waals surface area (Å²) in [5.74, 6) is 0.0688. The van der Waals surface area contributed by atoms with Gasteiger partial charge in [-0.2, -0.15) is 5.26 Å². The van der Waals surface area contributed by atoms with E-state index in [9.17, 15) is 10.1 Å². The third-order valence-electron chi connectivity index (χ3n) is 3.94. The molecule has 0 spiro atoms. The maximum Gasteiger partial charge on any atom is 0.243 e.